The van der Waals surface area contributed by atoms with Crippen LogP contribution in [0.3, 0.4) is 0 Å². The fourth-order valence-electron chi connectivity index (χ4n) is 3.36. The molecule has 1 saturated heterocycles. The van der Waals surface area contributed by atoms with Gasteiger partial charge in [-0.25, -0.2) is 0 Å². The number of β-amino-alcohol motifs (C(OH)–C–C–N with tert-alkyl or cyclic N) is 1. The number of methoxy groups -OCH3 is 2. The molecule has 0 bridgehead atoms. The molecule has 1 heterocycles. The Morgan fingerprint density at radius 1 is 0.963 bits per heavy atom. The predicted octanol–water partition coefficient (Wildman–Crippen LogP) is 1.92. The Morgan fingerprint density at radius 3 is 2.37 bits per heavy atom. The van der Waals surface area contributed by atoms with Crippen molar-refractivity contribution in [1.29, 1.82) is 0 Å². The molecular formula is C21H26N2O4. The second-order valence-corrected chi connectivity index (χ2v) is 6.58. The van der Waals surface area contributed by atoms with Crippen molar-refractivity contribution in [3.63, 3.8) is 0 Å². The lowest BCUT2D eigenvalue weighted by Gasteiger charge is -2.36. The summed E-state index contributed by atoms with van der Waals surface area (Å²) >= 11 is 0. The standard InChI is InChI=1S/C21H26N2O4/c1-26-20-9-8-16(14-21(20)27-2)19(25)15-22-10-12-23(13-11-22)17-6-4-3-5-7-18(17)24/h3-9,14,19,25H,10-13,15H2,1-2H3/t19-/m0/s1. The zero-order valence-corrected chi connectivity index (χ0v) is 15.8. The number of benzene rings is 1. The molecule has 27 heavy (non-hydrogen) atoms. The second-order valence-electron chi connectivity index (χ2n) is 6.58. The molecule has 2 aromatic carbocycles. The molecule has 144 valence electrons. The van der Waals surface area contributed by atoms with Gasteiger partial charge in [-0.1, -0.05) is 24.3 Å². The molecule has 1 fully saturated rings. The monoisotopic (exact) mass is 370 g/mol. The summed E-state index contributed by atoms with van der Waals surface area (Å²) in [5, 5.41) is 10.6. The van der Waals surface area contributed by atoms with E-state index in [0.717, 1.165) is 37.4 Å². The molecule has 0 spiro atoms. The molecule has 2 aromatic rings. The highest BCUT2D eigenvalue weighted by Gasteiger charge is 2.21. The number of nitrogens with zero attached hydrogens (tertiary/aromatic N) is 2. The van der Waals surface area contributed by atoms with Crippen molar-refractivity contribution < 1.29 is 14.6 Å². The summed E-state index contributed by atoms with van der Waals surface area (Å²) in [6.45, 7) is 3.65. The number of hydrogen-bond acceptors (Lipinski definition) is 6. The van der Waals surface area contributed by atoms with Crippen LogP contribution in [0.1, 0.15) is 11.7 Å². The van der Waals surface area contributed by atoms with Crippen LogP contribution >= 0.6 is 0 Å². The first-order valence-electron chi connectivity index (χ1n) is 9.09. The molecule has 3 rings (SSSR count). The Hall–Kier alpha value is -2.57. The minimum atomic E-state index is -0.610. The van der Waals surface area contributed by atoms with Gasteiger partial charge < -0.3 is 19.5 Å². The molecule has 0 saturated carbocycles. The van der Waals surface area contributed by atoms with E-state index >= 15 is 0 Å². The molecule has 6 nitrogen and oxygen atoms in total. The quantitative estimate of drug-likeness (QED) is 0.838. The van der Waals surface area contributed by atoms with Gasteiger partial charge in [0.15, 0.2) is 11.5 Å². The van der Waals surface area contributed by atoms with Crippen LogP contribution in [-0.2, 0) is 0 Å². The van der Waals surface area contributed by atoms with Gasteiger partial charge in [-0.3, -0.25) is 9.69 Å². The van der Waals surface area contributed by atoms with Crippen molar-refractivity contribution >= 4 is 5.69 Å². The Morgan fingerprint density at radius 2 is 1.67 bits per heavy atom. The van der Waals surface area contributed by atoms with E-state index < -0.39 is 6.10 Å². The Kier molecular flexibility index (Phi) is 6.32. The summed E-state index contributed by atoms with van der Waals surface area (Å²) in [4.78, 5) is 16.5. The van der Waals surface area contributed by atoms with Gasteiger partial charge in [0.2, 0.25) is 5.43 Å². The molecule has 1 aliphatic heterocycles. The van der Waals surface area contributed by atoms with Crippen molar-refractivity contribution in [3.8, 4) is 11.5 Å². The molecule has 0 aliphatic carbocycles. The summed E-state index contributed by atoms with van der Waals surface area (Å²) in [5.74, 6) is 1.25. The zero-order chi connectivity index (χ0) is 19.2. The van der Waals surface area contributed by atoms with Gasteiger partial charge in [-0.15, -0.1) is 0 Å². The minimum absolute atomic E-state index is 0.0406. The van der Waals surface area contributed by atoms with E-state index in [2.05, 4.69) is 9.80 Å². The lowest BCUT2D eigenvalue weighted by Crippen LogP contribution is -2.48. The van der Waals surface area contributed by atoms with Crippen LogP contribution in [-0.4, -0.2) is 56.9 Å². The number of anilines is 1. The van der Waals surface area contributed by atoms with E-state index in [1.807, 2.05) is 30.3 Å². The number of ether oxygens (including phenoxy) is 2. The normalized spacial score (nSPS) is 16.0. The average Bonchev–Trinajstić information content (AvgIpc) is 2.92. The topological polar surface area (TPSA) is 62.2 Å². The highest BCUT2D eigenvalue weighted by Crippen LogP contribution is 2.30. The summed E-state index contributed by atoms with van der Waals surface area (Å²) in [7, 11) is 3.18. The lowest BCUT2D eigenvalue weighted by atomic mass is 10.1. The lowest BCUT2D eigenvalue weighted by molar-refractivity contribution is 0.109. The summed E-state index contributed by atoms with van der Waals surface area (Å²) in [6.07, 6.45) is -0.610. The van der Waals surface area contributed by atoms with Gasteiger partial charge >= 0.3 is 0 Å². The maximum absolute atomic E-state index is 12.2. The third-order valence-corrected chi connectivity index (χ3v) is 4.91. The van der Waals surface area contributed by atoms with Gasteiger partial charge in [0, 0.05) is 32.7 Å². The number of aliphatic hydroxyl groups excluding tert-OH is 1. The summed E-state index contributed by atoms with van der Waals surface area (Å²) in [6, 6.07) is 14.5. The maximum atomic E-state index is 12.2. The predicted molar refractivity (Wildman–Crippen MR) is 106 cm³/mol. The highest BCUT2D eigenvalue weighted by atomic mass is 16.5. The third-order valence-electron chi connectivity index (χ3n) is 4.91. The highest BCUT2D eigenvalue weighted by molar-refractivity contribution is 5.46. The van der Waals surface area contributed by atoms with E-state index in [9.17, 15) is 9.90 Å². The Labute approximate surface area is 159 Å². The van der Waals surface area contributed by atoms with Gasteiger partial charge in [0.05, 0.1) is 26.0 Å². The molecule has 6 heteroatoms. The van der Waals surface area contributed by atoms with Crippen LogP contribution in [0.5, 0.6) is 11.5 Å². The maximum Gasteiger partial charge on any atom is 0.201 e. The second kappa shape index (κ2) is 8.88. The molecule has 0 unspecified atom stereocenters. The molecule has 0 aromatic heterocycles. The van der Waals surface area contributed by atoms with Crippen LogP contribution in [0.4, 0.5) is 5.69 Å². The van der Waals surface area contributed by atoms with E-state index in [-0.39, 0.29) is 5.43 Å². The van der Waals surface area contributed by atoms with E-state index in [1.165, 1.54) is 0 Å². The van der Waals surface area contributed by atoms with Crippen molar-refractivity contribution in [2.75, 3.05) is 51.8 Å². The van der Waals surface area contributed by atoms with Crippen LogP contribution < -0.4 is 19.8 Å². The SMILES string of the molecule is COc1ccc([C@@H](O)CN2CCN(c3cccccc3=O)CC2)cc1OC. The Balaban J connectivity index is 1.61. The summed E-state index contributed by atoms with van der Waals surface area (Å²) in [5.41, 5.74) is 1.57. The molecule has 1 N–H and O–H groups in total. The Bertz CT molecular complexity index is 819. The number of aliphatic hydroxyl groups is 1. The average molecular weight is 370 g/mol. The molecule has 1 aliphatic rings. The smallest absolute Gasteiger partial charge is 0.201 e. The first-order chi connectivity index (χ1) is 13.1. The van der Waals surface area contributed by atoms with Crippen molar-refractivity contribution in [2.24, 2.45) is 0 Å². The van der Waals surface area contributed by atoms with Crippen molar-refractivity contribution in [3.05, 3.63) is 64.3 Å². The number of piperazine rings is 1. The van der Waals surface area contributed by atoms with E-state index in [1.54, 1.807) is 32.4 Å². The zero-order valence-electron chi connectivity index (χ0n) is 15.8. The first kappa shape index (κ1) is 19.2. The van der Waals surface area contributed by atoms with Crippen LogP contribution in [0.25, 0.3) is 0 Å². The molecule has 0 radical (unpaired) electrons. The van der Waals surface area contributed by atoms with Crippen LogP contribution in [0.2, 0.25) is 0 Å². The first-order valence-corrected chi connectivity index (χ1v) is 9.09. The van der Waals surface area contributed by atoms with Crippen molar-refractivity contribution in [2.45, 2.75) is 6.10 Å². The molecular weight excluding hydrogens is 344 g/mol. The van der Waals surface area contributed by atoms with Gasteiger partial charge in [0.1, 0.15) is 0 Å². The summed E-state index contributed by atoms with van der Waals surface area (Å²) < 4.78 is 10.6. The number of hydrogen-bond donors (Lipinski definition) is 1. The molecule has 1 atom stereocenters. The van der Waals surface area contributed by atoms with Gasteiger partial charge in [-0.05, 0) is 29.8 Å². The van der Waals surface area contributed by atoms with E-state index in [4.69, 9.17) is 9.47 Å². The van der Waals surface area contributed by atoms with Crippen LogP contribution in [0, 0.1) is 0 Å². The fourth-order valence-corrected chi connectivity index (χ4v) is 3.36. The largest absolute Gasteiger partial charge is 0.493 e. The minimum Gasteiger partial charge on any atom is -0.493 e. The van der Waals surface area contributed by atoms with Crippen molar-refractivity contribution in [1.82, 2.24) is 4.90 Å². The molecule has 0 amide bonds. The fraction of sp³-hybridized carbons (Fsp3) is 0.381. The van der Waals surface area contributed by atoms with Gasteiger partial charge in [-0.2, -0.15) is 0 Å². The number of rotatable bonds is 6. The van der Waals surface area contributed by atoms with E-state index in [0.29, 0.717) is 18.0 Å². The van der Waals surface area contributed by atoms with Gasteiger partial charge in [0.25, 0.3) is 0 Å². The third kappa shape index (κ3) is 4.59. The van der Waals surface area contributed by atoms with Crippen LogP contribution in [0.15, 0.2) is 53.3 Å².